The molecule has 1 amide bonds. The molecule has 1 N–H and O–H groups in total. The lowest BCUT2D eigenvalue weighted by molar-refractivity contribution is -0.0388. The first-order valence-electron chi connectivity index (χ1n) is 6.74. The first-order valence-corrected chi connectivity index (χ1v) is 6.74. The zero-order valence-corrected chi connectivity index (χ0v) is 11.6. The van der Waals surface area contributed by atoms with Crippen LogP contribution in [-0.2, 0) is 9.47 Å². The molecule has 0 aromatic rings. The Kier molecular flexibility index (Phi) is 4.12. The molecule has 0 aromatic carbocycles. The molecule has 5 heteroatoms. The molecule has 18 heavy (non-hydrogen) atoms. The molecular formula is C13H24N2O3. The molecule has 0 aromatic heterocycles. The molecule has 0 radical (unpaired) electrons. The maximum absolute atomic E-state index is 12.1. The van der Waals surface area contributed by atoms with Gasteiger partial charge in [0, 0.05) is 6.54 Å². The summed E-state index contributed by atoms with van der Waals surface area (Å²) in [7, 11) is 0. The number of nitrogens with one attached hydrogen (secondary N) is 1. The molecule has 2 saturated heterocycles. The predicted molar refractivity (Wildman–Crippen MR) is 68.5 cm³/mol. The molecule has 1 atom stereocenters. The normalized spacial score (nSPS) is 25.7. The van der Waals surface area contributed by atoms with Gasteiger partial charge in [0.05, 0.1) is 19.3 Å². The van der Waals surface area contributed by atoms with Gasteiger partial charge in [-0.15, -0.1) is 0 Å². The fourth-order valence-electron chi connectivity index (χ4n) is 2.31. The molecule has 0 saturated carbocycles. The van der Waals surface area contributed by atoms with E-state index in [4.69, 9.17) is 9.47 Å². The third-order valence-electron chi connectivity index (χ3n) is 3.33. The Hall–Kier alpha value is -0.810. The molecule has 2 heterocycles. The summed E-state index contributed by atoms with van der Waals surface area (Å²) in [5.74, 6) is 0.668. The van der Waals surface area contributed by atoms with E-state index in [1.165, 1.54) is 0 Å². The quantitative estimate of drug-likeness (QED) is 0.807. The maximum atomic E-state index is 12.1. The van der Waals surface area contributed by atoms with Gasteiger partial charge in [-0.25, -0.2) is 4.79 Å². The van der Waals surface area contributed by atoms with Crippen molar-refractivity contribution in [3.63, 3.8) is 0 Å². The highest BCUT2D eigenvalue weighted by molar-refractivity contribution is 5.68. The third kappa shape index (κ3) is 3.59. The molecule has 104 valence electrons. The zero-order chi connectivity index (χ0) is 13.2. The summed E-state index contributed by atoms with van der Waals surface area (Å²) in [4.78, 5) is 14.0. The number of hydrogen-bond acceptors (Lipinski definition) is 4. The fraction of sp³-hybridized carbons (Fsp3) is 0.923. The smallest absolute Gasteiger partial charge is 0.410 e. The molecule has 0 bridgehead atoms. The number of nitrogens with zero attached hydrogens (tertiary/aromatic N) is 1. The second-order valence-corrected chi connectivity index (χ2v) is 6.16. The monoisotopic (exact) mass is 256 g/mol. The van der Waals surface area contributed by atoms with E-state index in [0.29, 0.717) is 25.7 Å². The molecule has 0 spiro atoms. The van der Waals surface area contributed by atoms with Crippen molar-refractivity contribution in [1.82, 2.24) is 10.2 Å². The van der Waals surface area contributed by atoms with Crippen LogP contribution < -0.4 is 5.32 Å². The van der Waals surface area contributed by atoms with Gasteiger partial charge in [0.2, 0.25) is 0 Å². The van der Waals surface area contributed by atoms with Crippen LogP contribution in [0.3, 0.4) is 0 Å². The van der Waals surface area contributed by atoms with Gasteiger partial charge in [-0.2, -0.15) is 0 Å². The van der Waals surface area contributed by atoms with Gasteiger partial charge in [0.15, 0.2) is 0 Å². The summed E-state index contributed by atoms with van der Waals surface area (Å²) < 4.78 is 10.9. The van der Waals surface area contributed by atoms with Crippen LogP contribution >= 0.6 is 0 Å². The van der Waals surface area contributed by atoms with E-state index in [0.717, 1.165) is 19.5 Å². The number of rotatable bonds is 2. The van der Waals surface area contributed by atoms with Crippen LogP contribution in [-0.4, -0.2) is 55.5 Å². The van der Waals surface area contributed by atoms with Crippen molar-refractivity contribution in [3.05, 3.63) is 0 Å². The van der Waals surface area contributed by atoms with E-state index < -0.39 is 5.60 Å². The van der Waals surface area contributed by atoms with E-state index >= 15 is 0 Å². The highest BCUT2D eigenvalue weighted by atomic mass is 16.6. The topological polar surface area (TPSA) is 50.8 Å². The van der Waals surface area contributed by atoms with Gasteiger partial charge >= 0.3 is 6.09 Å². The van der Waals surface area contributed by atoms with Crippen molar-refractivity contribution in [2.75, 3.05) is 32.8 Å². The number of carbonyl (C=O) groups excluding carboxylic acids is 1. The minimum absolute atomic E-state index is 0.167. The number of carbonyl (C=O) groups is 1. The van der Waals surface area contributed by atoms with Crippen molar-refractivity contribution >= 4 is 6.09 Å². The molecule has 0 aliphatic carbocycles. The highest BCUT2D eigenvalue weighted by Gasteiger charge is 2.33. The van der Waals surface area contributed by atoms with E-state index in [9.17, 15) is 4.79 Å². The number of morpholine rings is 1. The standard InChI is InChI=1S/C13H24N2O3/c1-13(2,3)18-12(16)15-4-5-17-9-11(15)6-10-7-14-8-10/h10-11,14H,4-9H2,1-3H3. The average Bonchev–Trinajstić information content (AvgIpc) is 2.21. The van der Waals surface area contributed by atoms with Crippen molar-refractivity contribution in [1.29, 1.82) is 0 Å². The van der Waals surface area contributed by atoms with Gasteiger partial charge in [-0.1, -0.05) is 0 Å². The summed E-state index contributed by atoms with van der Waals surface area (Å²) in [6.45, 7) is 9.69. The van der Waals surface area contributed by atoms with Gasteiger partial charge < -0.3 is 19.7 Å². The first kappa shape index (κ1) is 13.6. The first-order chi connectivity index (χ1) is 8.46. The molecule has 2 aliphatic heterocycles. The largest absolute Gasteiger partial charge is 0.444 e. The molecule has 1 unspecified atom stereocenters. The Morgan fingerprint density at radius 1 is 1.44 bits per heavy atom. The van der Waals surface area contributed by atoms with Crippen LogP contribution in [0.4, 0.5) is 4.79 Å². The van der Waals surface area contributed by atoms with Gasteiger partial charge in [0.25, 0.3) is 0 Å². The summed E-state index contributed by atoms with van der Waals surface area (Å²) in [6.07, 6.45) is 0.801. The van der Waals surface area contributed by atoms with Crippen molar-refractivity contribution < 1.29 is 14.3 Å². The Morgan fingerprint density at radius 2 is 2.17 bits per heavy atom. The Morgan fingerprint density at radius 3 is 2.72 bits per heavy atom. The Bertz CT molecular complexity index is 297. The minimum Gasteiger partial charge on any atom is -0.444 e. The van der Waals surface area contributed by atoms with Crippen molar-refractivity contribution in [2.24, 2.45) is 5.92 Å². The van der Waals surface area contributed by atoms with Crippen LogP contribution in [0.5, 0.6) is 0 Å². The summed E-state index contributed by atoms with van der Waals surface area (Å²) >= 11 is 0. The van der Waals surface area contributed by atoms with E-state index in [2.05, 4.69) is 5.32 Å². The lowest BCUT2D eigenvalue weighted by Gasteiger charge is -2.40. The lowest BCUT2D eigenvalue weighted by Crippen LogP contribution is -2.53. The third-order valence-corrected chi connectivity index (χ3v) is 3.33. The van der Waals surface area contributed by atoms with Crippen LogP contribution in [0.25, 0.3) is 0 Å². The minimum atomic E-state index is -0.433. The summed E-state index contributed by atoms with van der Waals surface area (Å²) in [5, 5.41) is 3.26. The van der Waals surface area contributed by atoms with E-state index in [-0.39, 0.29) is 12.1 Å². The van der Waals surface area contributed by atoms with Crippen molar-refractivity contribution in [2.45, 2.75) is 38.8 Å². The Labute approximate surface area is 109 Å². The fourth-order valence-corrected chi connectivity index (χ4v) is 2.31. The molecule has 5 nitrogen and oxygen atoms in total. The molecule has 2 rings (SSSR count). The maximum Gasteiger partial charge on any atom is 0.410 e. The second-order valence-electron chi connectivity index (χ2n) is 6.16. The van der Waals surface area contributed by atoms with Crippen LogP contribution in [0, 0.1) is 5.92 Å². The molecule has 2 fully saturated rings. The Balaban J connectivity index is 1.91. The van der Waals surface area contributed by atoms with Crippen LogP contribution in [0.15, 0.2) is 0 Å². The van der Waals surface area contributed by atoms with E-state index in [1.807, 2.05) is 25.7 Å². The van der Waals surface area contributed by atoms with Crippen LogP contribution in [0.1, 0.15) is 27.2 Å². The van der Waals surface area contributed by atoms with E-state index in [1.54, 1.807) is 0 Å². The molecule has 2 aliphatic rings. The van der Waals surface area contributed by atoms with Gasteiger partial charge in [-0.05, 0) is 46.2 Å². The SMILES string of the molecule is CC(C)(C)OC(=O)N1CCOCC1CC1CNC1. The number of hydrogen-bond donors (Lipinski definition) is 1. The summed E-state index contributed by atoms with van der Waals surface area (Å²) in [5.41, 5.74) is -0.433. The van der Waals surface area contributed by atoms with Crippen LogP contribution in [0.2, 0.25) is 0 Å². The van der Waals surface area contributed by atoms with Crippen molar-refractivity contribution in [3.8, 4) is 0 Å². The number of amides is 1. The number of ether oxygens (including phenoxy) is 2. The average molecular weight is 256 g/mol. The molecular weight excluding hydrogens is 232 g/mol. The highest BCUT2D eigenvalue weighted by Crippen LogP contribution is 2.21. The second kappa shape index (κ2) is 5.45. The zero-order valence-electron chi connectivity index (χ0n) is 11.6. The summed E-state index contributed by atoms with van der Waals surface area (Å²) in [6, 6.07) is 0.167. The van der Waals surface area contributed by atoms with Gasteiger partial charge in [0.1, 0.15) is 5.60 Å². The lowest BCUT2D eigenvalue weighted by atomic mass is 9.94. The van der Waals surface area contributed by atoms with Gasteiger partial charge in [-0.3, -0.25) is 0 Å². The predicted octanol–water partition coefficient (Wildman–Crippen LogP) is 1.23.